The lowest BCUT2D eigenvalue weighted by Crippen LogP contribution is -2.04. The summed E-state index contributed by atoms with van der Waals surface area (Å²) >= 11 is 1.36. The molecule has 0 atom stereocenters. The van der Waals surface area contributed by atoms with E-state index in [0.717, 1.165) is 23.4 Å². The highest BCUT2D eigenvalue weighted by Crippen LogP contribution is 2.34. The Kier molecular flexibility index (Phi) is 6.86. The van der Waals surface area contributed by atoms with E-state index < -0.39 is 11.7 Å². The van der Waals surface area contributed by atoms with E-state index in [0.29, 0.717) is 22.6 Å². The second-order valence-corrected chi connectivity index (χ2v) is 9.59. The quantitative estimate of drug-likeness (QED) is 0.257. The zero-order valence-electron chi connectivity index (χ0n) is 18.8. The number of benzene rings is 2. The van der Waals surface area contributed by atoms with Crippen molar-refractivity contribution in [1.82, 2.24) is 20.3 Å². The highest BCUT2D eigenvalue weighted by atomic mass is 32.2. The lowest BCUT2D eigenvalue weighted by atomic mass is 9.84. The van der Waals surface area contributed by atoms with E-state index in [4.69, 9.17) is 4.52 Å². The Bertz CT molecular complexity index is 1270. The van der Waals surface area contributed by atoms with E-state index in [9.17, 15) is 13.2 Å². The topological polar surface area (TPSA) is 64.7 Å². The first-order valence-corrected chi connectivity index (χ1v) is 12.5. The number of hydrogen-bond donors (Lipinski definition) is 0. The summed E-state index contributed by atoms with van der Waals surface area (Å²) in [6.45, 7) is 0. The maximum absolute atomic E-state index is 12.9. The molecule has 0 saturated heterocycles. The summed E-state index contributed by atoms with van der Waals surface area (Å²) in [4.78, 5) is 4.22. The van der Waals surface area contributed by atoms with E-state index >= 15 is 0 Å². The molecule has 0 spiro atoms. The van der Waals surface area contributed by atoms with Gasteiger partial charge in [-0.15, -0.1) is 10.2 Å². The predicted molar refractivity (Wildman–Crippen MR) is 128 cm³/mol. The third-order valence-corrected chi connectivity index (χ3v) is 7.09. The number of aromatic nitrogens is 4. The molecule has 0 unspecified atom stereocenters. The molecule has 180 valence electrons. The minimum Gasteiger partial charge on any atom is -0.338 e. The van der Waals surface area contributed by atoms with Crippen molar-refractivity contribution in [1.29, 1.82) is 0 Å². The van der Waals surface area contributed by atoms with Crippen LogP contribution < -0.4 is 0 Å². The molecule has 2 aromatic heterocycles. The summed E-state index contributed by atoms with van der Waals surface area (Å²) in [6.07, 6.45) is 2.08. The van der Waals surface area contributed by atoms with Gasteiger partial charge in [0.25, 0.3) is 0 Å². The molecule has 5 rings (SSSR count). The van der Waals surface area contributed by atoms with Crippen LogP contribution in [0, 0.1) is 0 Å². The number of rotatable bonds is 6. The Labute approximate surface area is 205 Å². The fraction of sp³-hybridized carbons (Fsp3) is 0.308. The van der Waals surface area contributed by atoms with Crippen molar-refractivity contribution >= 4 is 11.8 Å². The monoisotopic (exact) mass is 496 g/mol. The Morgan fingerprint density at radius 2 is 1.69 bits per heavy atom. The molecule has 5 nitrogen and oxygen atoms in total. The summed E-state index contributed by atoms with van der Waals surface area (Å²) in [6, 6.07) is 17.3. The van der Waals surface area contributed by atoms with Gasteiger partial charge in [-0.2, -0.15) is 18.2 Å². The lowest BCUT2D eigenvalue weighted by Gasteiger charge is -2.22. The van der Waals surface area contributed by atoms with E-state index in [1.54, 1.807) is 0 Å². The van der Waals surface area contributed by atoms with Gasteiger partial charge in [-0.05, 0) is 48.6 Å². The maximum Gasteiger partial charge on any atom is 0.416 e. The van der Waals surface area contributed by atoms with Gasteiger partial charge in [-0.1, -0.05) is 72.6 Å². The highest BCUT2D eigenvalue weighted by Gasteiger charge is 2.30. The zero-order valence-corrected chi connectivity index (χ0v) is 19.6. The van der Waals surface area contributed by atoms with Crippen molar-refractivity contribution in [3.8, 4) is 22.6 Å². The van der Waals surface area contributed by atoms with Crippen LogP contribution in [0.15, 0.2) is 70.2 Å². The van der Waals surface area contributed by atoms with Gasteiger partial charge >= 0.3 is 6.18 Å². The summed E-state index contributed by atoms with van der Waals surface area (Å²) in [5, 5.41) is 13.1. The van der Waals surface area contributed by atoms with Gasteiger partial charge in [0.1, 0.15) is 5.03 Å². The van der Waals surface area contributed by atoms with E-state index in [2.05, 4.69) is 44.6 Å². The van der Waals surface area contributed by atoms with Crippen LogP contribution in [0.2, 0.25) is 0 Å². The molecule has 0 radical (unpaired) electrons. The summed E-state index contributed by atoms with van der Waals surface area (Å²) < 4.78 is 44.1. The molecule has 1 fully saturated rings. The molecule has 0 amide bonds. The fourth-order valence-electron chi connectivity index (χ4n) is 4.31. The van der Waals surface area contributed by atoms with Gasteiger partial charge in [0.15, 0.2) is 0 Å². The number of nitrogens with zero attached hydrogens (tertiary/aromatic N) is 4. The second-order valence-electron chi connectivity index (χ2n) is 8.59. The first-order chi connectivity index (χ1) is 17.0. The Balaban J connectivity index is 1.20. The molecule has 0 N–H and O–H groups in total. The van der Waals surface area contributed by atoms with Gasteiger partial charge in [0, 0.05) is 11.1 Å². The summed E-state index contributed by atoms with van der Waals surface area (Å²) in [5.41, 5.74) is 2.72. The maximum atomic E-state index is 12.9. The smallest absolute Gasteiger partial charge is 0.338 e. The molecule has 2 heterocycles. The van der Waals surface area contributed by atoms with Crippen molar-refractivity contribution in [3.05, 3.63) is 77.7 Å². The van der Waals surface area contributed by atoms with E-state index in [1.165, 1.54) is 61.6 Å². The van der Waals surface area contributed by atoms with Gasteiger partial charge in [-0.25, -0.2) is 0 Å². The van der Waals surface area contributed by atoms with Crippen LogP contribution in [-0.2, 0) is 11.9 Å². The van der Waals surface area contributed by atoms with Crippen LogP contribution in [-0.4, -0.2) is 20.3 Å². The molecular weight excluding hydrogens is 473 g/mol. The van der Waals surface area contributed by atoms with Gasteiger partial charge < -0.3 is 4.52 Å². The summed E-state index contributed by atoms with van der Waals surface area (Å²) in [5.74, 6) is 1.41. The average molecular weight is 497 g/mol. The van der Waals surface area contributed by atoms with Crippen LogP contribution >= 0.6 is 11.8 Å². The molecule has 1 saturated carbocycles. The van der Waals surface area contributed by atoms with E-state index in [1.807, 2.05) is 12.1 Å². The molecular formula is C26H23F3N4OS. The average Bonchev–Trinajstić information content (AvgIpc) is 3.37. The molecule has 35 heavy (non-hydrogen) atoms. The first-order valence-electron chi connectivity index (χ1n) is 11.5. The standard InChI is InChI=1S/C26H23F3N4OS/c27-26(28,29)21-8-4-7-20(15-21)25-30-23(34-33-25)16-35-24-14-13-22(31-32-24)19-11-9-18(10-12-19)17-5-2-1-3-6-17/h4,7-15,17H,1-3,5-6,16H2. The van der Waals surface area contributed by atoms with Crippen LogP contribution in [0.5, 0.6) is 0 Å². The Hall–Kier alpha value is -3.20. The van der Waals surface area contributed by atoms with Crippen molar-refractivity contribution in [2.24, 2.45) is 0 Å². The third-order valence-electron chi connectivity index (χ3n) is 6.18. The van der Waals surface area contributed by atoms with Crippen LogP contribution in [0.3, 0.4) is 0 Å². The number of halogens is 3. The molecule has 2 aromatic carbocycles. The number of hydrogen-bond acceptors (Lipinski definition) is 6. The minimum atomic E-state index is -4.43. The van der Waals surface area contributed by atoms with Gasteiger partial charge in [-0.3, -0.25) is 0 Å². The molecule has 4 aromatic rings. The van der Waals surface area contributed by atoms with Crippen LogP contribution in [0.1, 0.15) is 55.0 Å². The number of thioether (sulfide) groups is 1. The van der Waals surface area contributed by atoms with Gasteiger partial charge in [0.2, 0.25) is 11.7 Å². The first kappa shape index (κ1) is 23.5. The minimum absolute atomic E-state index is 0.116. The molecule has 1 aliphatic rings. The third kappa shape index (κ3) is 5.73. The van der Waals surface area contributed by atoms with Crippen molar-refractivity contribution in [2.75, 3.05) is 0 Å². The van der Waals surface area contributed by atoms with Crippen molar-refractivity contribution < 1.29 is 17.7 Å². The Morgan fingerprint density at radius 1 is 0.886 bits per heavy atom. The Morgan fingerprint density at radius 3 is 2.40 bits per heavy atom. The SMILES string of the molecule is FC(F)(F)c1cccc(-c2noc(CSc3ccc(-c4ccc(C5CCCCC5)cc4)nn3)n2)c1. The lowest BCUT2D eigenvalue weighted by molar-refractivity contribution is -0.137. The molecule has 1 aliphatic carbocycles. The predicted octanol–water partition coefficient (Wildman–Crippen LogP) is 7.55. The summed E-state index contributed by atoms with van der Waals surface area (Å²) in [7, 11) is 0. The van der Waals surface area contributed by atoms with Gasteiger partial charge in [0.05, 0.1) is 17.0 Å². The largest absolute Gasteiger partial charge is 0.416 e. The van der Waals surface area contributed by atoms with Crippen LogP contribution in [0.4, 0.5) is 13.2 Å². The van der Waals surface area contributed by atoms with Crippen molar-refractivity contribution in [3.63, 3.8) is 0 Å². The molecule has 0 aliphatic heterocycles. The molecule has 0 bridgehead atoms. The normalized spacial score (nSPS) is 14.8. The second kappa shape index (κ2) is 10.2. The fourth-order valence-corrected chi connectivity index (χ4v) is 4.97. The zero-order chi connectivity index (χ0) is 24.3. The van der Waals surface area contributed by atoms with Crippen molar-refractivity contribution in [2.45, 2.75) is 55.0 Å². The highest BCUT2D eigenvalue weighted by molar-refractivity contribution is 7.98. The molecule has 9 heteroatoms. The number of alkyl halides is 3. The van der Waals surface area contributed by atoms with Crippen LogP contribution in [0.25, 0.3) is 22.6 Å². The van der Waals surface area contributed by atoms with E-state index in [-0.39, 0.29) is 11.4 Å².